The monoisotopic (exact) mass is 286 g/mol. The van der Waals surface area contributed by atoms with Crippen LogP contribution in [-0.2, 0) is 6.54 Å². The third-order valence-corrected chi connectivity index (χ3v) is 4.57. The fourth-order valence-electron chi connectivity index (χ4n) is 3.02. The summed E-state index contributed by atoms with van der Waals surface area (Å²) in [5.74, 6) is 1.13. The summed E-state index contributed by atoms with van der Waals surface area (Å²) < 4.78 is 2.23. The standard InChI is InChI=1S/C17H26N4/c1-4-14(5-2)20(3)17-15(12-18-13-9-10-13)21-11-7-6-8-16(21)19-17/h6-8,11,13-14,18H,4-5,9-10,12H2,1-3H3. The lowest BCUT2D eigenvalue weighted by atomic mass is 10.1. The molecule has 21 heavy (non-hydrogen) atoms. The number of hydrogen-bond acceptors (Lipinski definition) is 3. The van der Waals surface area contributed by atoms with Crippen LogP contribution < -0.4 is 10.2 Å². The van der Waals surface area contributed by atoms with Gasteiger partial charge in [-0.15, -0.1) is 0 Å². The van der Waals surface area contributed by atoms with E-state index < -0.39 is 0 Å². The Labute approximate surface area is 127 Å². The second-order valence-corrected chi connectivity index (χ2v) is 6.05. The normalized spacial score (nSPS) is 15.0. The van der Waals surface area contributed by atoms with Gasteiger partial charge >= 0.3 is 0 Å². The summed E-state index contributed by atoms with van der Waals surface area (Å²) in [6.07, 6.45) is 7.05. The summed E-state index contributed by atoms with van der Waals surface area (Å²) in [7, 11) is 2.18. The van der Waals surface area contributed by atoms with Crippen molar-refractivity contribution < 1.29 is 0 Å². The summed E-state index contributed by atoms with van der Waals surface area (Å²) in [5, 5.41) is 3.63. The molecule has 0 aromatic carbocycles. The number of rotatable bonds is 7. The molecule has 0 aliphatic heterocycles. The highest BCUT2D eigenvalue weighted by atomic mass is 15.2. The van der Waals surface area contributed by atoms with Gasteiger partial charge in [0.1, 0.15) is 5.65 Å². The van der Waals surface area contributed by atoms with E-state index in [0.29, 0.717) is 12.1 Å². The van der Waals surface area contributed by atoms with Crippen molar-refractivity contribution in [1.82, 2.24) is 14.7 Å². The number of aromatic nitrogens is 2. The first kappa shape index (κ1) is 14.4. The SMILES string of the molecule is CCC(CC)N(C)c1nc2ccccn2c1CNC1CC1. The average molecular weight is 286 g/mol. The van der Waals surface area contributed by atoms with Crippen molar-refractivity contribution >= 4 is 11.5 Å². The maximum absolute atomic E-state index is 4.88. The molecule has 4 heteroatoms. The number of nitrogens with zero attached hydrogens (tertiary/aromatic N) is 3. The lowest BCUT2D eigenvalue weighted by Crippen LogP contribution is -2.32. The van der Waals surface area contributed by atoms with E-state index >= 15 is 0 Å². The van der Waals surface area contributed by atoms with Crippen molar-refractivity contribution in [3.8, 4) is 0 Å². The van der Waals surface area contributed by atoms with Crippen LogP contribution in [0.3, 0.4) is 0 Å². The van der Waals surface area contributed by atoms with Crippen LogP contribution in [0.15, 0.2) is 24.4 Å². The molecule has 1 aliphatic carbocycles. The zero-order valence-corrected chi connectivity index (χ0v) is 13.3. The van der Waals surface area contributed by atoms with E-state index in [9.17, 15) is 0 Å². The van der Waals surface area contributed by atoms with Crippen LogP contribution in [0, 0.1) is 0 Å². The molecule has 0 amide bonds. The number of hydrogen-bond donors (Lipinski definition) is 1. The Morgan fingerprint density at radius 3 is 2.76 bits per heavy atom. The molecule has 0 unspecified atom stereocenters. The Morgan fingerprint density at radius 1 is 1.33 bits per heavy atom. The largest absolute Gasteiger partial charge is 0.355 e. The molecule has 3 rings (SSSR count). The summed E-state index contributed by atoms with van der Waals surface area (Å²) >= 11 is 0. The topological polar surface area (TPSA) is 32.6 Å². The number of anilines is 1. The van der Waals surface area contributed by atoms with Crippen LogP contribution in [0.5, 0.6) is 0 Å². The van der Waals surface area contributed by atoms with Gasteiger partial charge in [0.2, 0.25) is 0 Å². The van der Waals surface area contributed by atoms with Crippen molar-refractivity contribution in [3.05, 3.63) is 30.1 Å². The first-order valence-electron chi connectivity index (χ1n) is 8.16. The van der Waals surface area contributed by atoms with E-state index in [1.807, 2.05) is 0 Å². The predicted octanol–water partition coefficient (Wildman–Crippen LogP) is 3.21. The van der Waals surface area contributed by atoms with Gasteiger partial charge in [-0.3, -0.25) is 0 Å². The quantitative estimate of drug-likeness (QED) is 0.848. The molecule has 1 aliphatic rings. The van der Waals surface area contributed by atoms with Gasteiger partial charge in [0.15, 0.2) is 5.82 Å². The Balaban J connectivity index is 1.96. The van der Waals surface area contributed by atoms with E-state index in [0.717, 1.165) is 30.9 Å². The minimum atomic E-state index is 0.551. The highest BCUT2D eigenvalue weighted by Gasteiger charge is 2.24. The number of imidazole rings is 1. The summed E-state index contributed by atoms with van der Waals surface area (Å²) in [6.45, 7) is 5.40. The van der Waals surface area contributed by atoms with E-state index in [1.165, 1.54) is 18.5 Å². The van der Waals surface area contributed by atoms with Gasteiger partial charge in [-0.05, 0) is 37.8 Å². The summed E-state index contributed by atoms with van der Waals surface area (Å²) in [5.41, 5.74) is 2.32. The fraction of sp³-hybridized carbons (Fsp3) is 0.588. The lowest BCUT2D eigenvalue weighted by Gasteiger charge is -2.27. The van der Waals surface area contributed by atoms with E-state index in [1.54, 1.807) is 0 Å². The summed E-state index contributed by atoms with van der Waals surface area (Å²) in [6, 6.07) is 7.49. The van der Waals surface area contributed by atoms with Gasteiger partial charge in [-0.2, -0.15) is 0 Å². The number of fused-ring (bicyclic) bond motifs is 1. The van der Waals surface area contributed by atoms with Crippen LogP contribution in [-0.4, -0.2) is 28.5 Å². The molecule has 114 valence electrons. The van der Waals surface area contributed by atoms with Crippen LogP contribution in [0.25, 0.3) is 5.65 Å². The minimum absolute atomic E-state index is 0.551. The molecular formula is C17H26N4. The van der Waals surface area contributed by atoms with Gasteiger partial charge in [0.05, 0.1) is 5.69 Å². The number of nitrogens with one attached hydrogen (secondary N) is 1. The predicted molar refractivity (Wildman–Crippen MR) is 87.8 cm³/mol. The van der Waals surface area contributed by atoms with Crippen LogP contribution in [0.1, 0.15) is 45.2 Å². The summed E-state index contributed by atoms with van der Waals surface area (Å²) in [4.78, 5) is 7.23. The third kappa shape index (κ3) is 2.91. The minimum Gasteiger partial charge on any atom is -0.355 e. The molecule has 0 atom stereocenters. The molecule has 0 spiro atoms. The molecule has 2 aromatic rings. The molecule has 0 radical (unpaired) electrons. The Morgan fingerprint density at radius 2 is 2.10 bits per heavy atom. The van der Waals surface area contributed by atoms with Gasteiger partial charge in [0.25, 0.3) is 0 Å². The Hall–Kier alpha value is -1.55. The van der Waals surface area contributed by atoms with Gasteiger partial charge in [0, 0.05) is 31.9 Å². The van der Waals surface area contributed by atoms with Crippen LogP contribution in [0.2, 0.25) is 0 Å². The van der Waals surface area contributed by atoms with Gasteiger partial charge in [-0.25, -0.2) is 4.98 Å². The van der Waals surface area contributed by atoms with Crippen molar-refractivity contribution in [2.24, 2.45) is 0 Å². The Bertz CT molecular complexity index is 596. The van der Waals surface area contributed by atoms with Crippen molar-refractivity contribution in [1.29, 1.82) is 0 Å². The Kier molecular flexibility index (Phi) is 4.15. The average Bonchev–Trinajstić information content (AvgIpc) is 3.26. The molecule has 1 fully saturated rings. The molecule has 0 saturated heterocycles. The van der Waals surface area contributed by atoms with Gasteiger partial charge < -0.3 is 14.6 Å². The lowest BCUT2D eigenvalue weighted by molar-refractivity contribution is 0.582. The molecule has 2 heterocycles. The molecule has 1 saturated carbocycles. The number of pyridine rings is 1. The third-order valence-electron chi connectivity index (χ3n) is 4.57. The molecule has 1 N–H and O–H groups in total. The van der Waals surface area contributed by atoms with Crippen LogP contribution >= 0.6 is 0 Å². The maximum Gasteiger partial charge on any atom is 0.152 e. The van der Waals surface area contributed by atoms with Crippen molar-refractivity contribution in [2.75, 3.05) is 11.9 Å². The maximum atomic E-state index is 4.88. The van der Waals surface area contributed by atoms with Crippen LogP contribution in [0.4, 0.5) is 5.82 Å². The molecule has 4 nitrogen and oxygen atoms in total. The van der Waals surface area contributed by atoms with E-state index in [-0.39, 0.29) is 0 Å². The van der Waals surface area contributed by atoms with Crippen molar-refractivity contribution in [2.45, 2.75) is 58.2 Å². The van der Waals surface area contributed by atoms with E-state index in [2.05, 4.69) is 59.9 Å². The van der Waals surface area contributed by atoms with Gasteiger partial charge in [-0.1, -0.05) is 19.9 Å². The van der Waals surface area contributed by atoms with Crippen molar-refractivity contribution in [3.63, 3.8) is 0 Å². The van der Waals surface area contributed by atoms with E-state index in [4.69, 9.17) is 4.98 Å². The highest BCUT2D eigenvalue weighted by molar-refractivity contribution is 5.56. The second-order valence-electron chi connectivity index (χ2n) is 6.05. The smallest absolute Gasteiger partial charge is 0.152 e. The zero-order chi connectivity index (χ0) is 14.8. The molecular weight excluding hydrogens is 260 g/mol. The second kappa shape index (κ2) is 6.06. The first-order chi connectivity index (χ1) is 10.2. The first-order valence-corrected chi connectivity index (χ1v) is 8.16. The molecule has 0 bridgehead atoms. The highest BCUT2D eigenvalue weighted by Crippen LogP contribution is 2.26. The molecule has 2 aromatic heterocycles. The zero-order valence-electron chi connectivity index (χ0n) is 13.3. The fourth-order valence-corrected chi connectivity index (χ4v) is 3.02.